The molecule has 1 aromatic carbocycles. The Kier molecular flexibility index (Phi) is 4.60. The summed E-state index contributed by atoms with van der Waals surface area (Å²) < 4.78 is 6.56. The van der Waals surface area contributed by atoms with Gasteiger partial charge in [-0.2, -0.15) is 0 Å². The summed E-state index contributed by atoms with van der Waals surface area (Å²) in [7, 11) is 1.81. The van der Waals surface area contributed by atoms with Crippen molar-refractivity contribution in [2.24, 2.45) is 0 Å². The van der Waals surface area contributed by atoms with E-state index < -0.39 is 0 Å². The molecule has 17 heavy (non-hydrogen) atoms. The summed E-state index contributed by atoms with van der Waals surface area (Å²) in [6.45, 7) is 3.08. The lowest BCUT2D eigenvalue weighted by atomic mass is 10.1. The molecule has 1 saturated carbocycles. The van der Waals surface area contributed by atoms with Crippen LogP contribution in [-0.4, -0.2) is 19.3 Å². The van der Waals surface area contributed by atoms with Gasteiger partial charge in [-0.1, -0.05) is 28.1 Å². The molecule has 1 aliphatic carbocycles. The van der Waals surface area contributed by atoms with E-state index in [1.54, 1.807) is 0 Å². The molecule has 2 nitrogen and oxygen atoms in total. The lowest BCUT2D eigenvalue weighted by Crippen LogP contribution is -2.26. The fourth-order valence-electron chi connectivity index (χ4n) is 2.42. The molecule has 3 heteroatoms. The van der Waals surface area contributed by atoms with Gasteiger partial charge in [0.15, 0.2) is 0 Å². The first-order valence-electron chi connectivity index (χ1n) is 6.20. The van der Waals surface area contributed by atoms with Gasteiger partial charge in [-0.3, -0.25) is 0 Å². The van der Waals surface area contributed by atoms with Crippen molar-refractivity contribution in [2.75, 3.05) is 7.11 Å². The monoisotopic (exact) mass is 297 g/mol. The van der Waals surface area contributed by atoms with Crippen molar-refractivity contribution in [3.63, 3.8) is 0 Å². The van der Waals surface area contributed by atoms with Crippen molar-refractivity contribution in [3.05, 3.63) is 33.8 Å². The third-order valence-corrected chi connectivity index (χ3v) is 4.42. The van der Waals surface area contributed by atoms with Gasteiger partial charge in [0.05, 0.1) is 6.10 Å². The molecule has 0 spiro atoms. The number of halogens is 1. The van der Waals surface area contributed by atoms with Crippen LogP contribution in [0.1, 0.15) is 30.4 Å². The molecule has 0 bridgehead atoms. The second-order valence-electron chi connectivity index (χ2n) is 4.83. The zero-order valence-electron chi connectivity index (χ0n) is 10.5. The number of hydrogen-bond acceptors (Lipinski definition) is 2. The van der Waals surface area contributed by atoms with E-state index in [1.165, 1.54) is 28.4 Å². The average Bonchev–Trinajstić information content (AvgIpc) is 2.79. The predicted octanol–water partition coefficient (Wildman–Crippen LogP) is 3.41. The zero-order chi connectivity index (χ0) is 12.3. The van der Waals surface area contributed by atoms with Gasteiger partial charge in [0, 0.05) is 24.2 Å². The van der Waals surface area contributed by atoms with Gasteiger partial charge in [-0.25, -0.2) is 0 Å². The Morgan fingerprint density at radius 1 is 1.41 bits per heavy atom. The van der Waals surface area contributed by atoms with E-state index in [0.717, 1.165) is 13.0 Å². The number of methoxy groups -OCH3 is 1. The van der Waals surface area contributed by atoms with Crippen molar-refractivity contribution < 1.29 is 4.74 Å². The van der Waals surface area contributed by atoms with Crippen LogP contribution in [0.15, 0.2) is 22.7 Å². The molecule has 1 aromatic rings. The Labute approximate surface area is 112 Å². The van der Waals surface area contributed by atoms with Crippen LogP contribution in [0.5, 0.6) is 0 Å². The number of rotatable bonds is 4. The number of hydrogen-bond donors (Lipinski definition) is 1. The zero-order valence-corrected chi connectivity index (χ0v) is 12.1. The summed E-state index contributed by atoms with van der Waals surface area (Å²) in [5.74, 6) is 0. The minimum Gasteiger partial charge on any atom is -0.381 e. The SMILES string of the molecule is COC1CCC(NCc2ccc(Br)c(C)c2)C1. The molecule has 1 N–H and O–H groups in total. The second-order valence-corrected chi connectivity index (χ2v) is 5.69. The van der Waals surface area contributed by atoms with Gasteiger partial charge >= 0.3 is 0 Å². The van der Waals surface area contributed by atoms with Crippen LogP contribution in [0.3, 0.4) is 0 Å². The third kappa shape index (κ3) is 3.54. The quantitative estimate of drug-likeness (QED) is 0.919. The number of aryl methyl sites for hydroxylation is 1. The van der Waals surface area contributed by atoms with Crippen LogP contribution in [0.2, 0.25) is 0 Å². The van der Waals surface area contributed by atoms with Crippen molar-refractivity contribution in [1.82, 2.24) is 5.32 Å². The van der Waals surface area contributed by atoms with Crippen molar-refractivity contribution in [3.8, 4) is 0 Å². The Hall–Kier alpha value is -0.380. The standard InChI is InChI=1S/C14H20BrNO/c1-10-7-11(3-6-14(10)15)9-16-12-4-5-13(8-12)17-2/h3,6-7,12-13,16H,4-5,8-9H2,1-2H3. The molecule has 1 fully saturated rings. The van der Waals surface area contributed by atoms with E-state index in [4.69, 9.17) is 4.74 Å². The summed E-state index contributed by atoms with van der Waals surface area (Å²) in [5, 5.41) is 3.61. The maximum atomic E-state index is 5.38. The molecule has 0 aromatic heterocycles. The van der Waals surface area contributed by atoms with Crippen LogP contribution < -0.4 is 5.32 Å². The first-order valence-corrected chi connectivity index (χ1v) is 6.99. The largest absolute Gasteiger partial charge is 0.381 e. The first kappa shape index (κ1) is 13.1. The van der Waals surface area contributed by atoms with Crippen molar-refractivity contribution >= 4 is 15.9 Å². The van der Waals surface area contributed by atoms with E-state index in [0.29, 0.717) is 12.1 Å². The van der Waals surface area contributed by atoms with Crippen molar-refractivity contribution in [1.29, 1.82) is 0 Å². The van der Waals surface area contributed by atoms with Gasteiger partial charge in [-0.15, -0.1) is 0 Å². The minimum absolute atomic E-state index is 0.458. The Morgan fingerprint density at radius 2 is 2.24 bits per heavy atom. The minimum atomic E-state index is 0.458. The summed E-state index contributed by atoms with van der Waals surface area (Å²) >= 11 is 3.53. The molecule has 1 aliphatic rings. The number of ether oxygens (including phenoxy) is 1. The normalized spacial score (nSPS) is 24.2. The maximum absolute atomic E-state index is 5.38. The highest BCUT2D eigenvalue weighted by atomic mass is 79.9. The lowest BCUT2D eigenvalue weighted by Gasteiger charge is -2.13. The van der Waals surface area contributed by atoms with E-state index in [-0.39, 0.29) is 0 Å². The predicted molar refractivity (Wildman–Crippen MR) is 74.2 cm³/mol. The van der Waals surface area contributed by atoms with E-state index in [1.807, 2.05) is 7.11 Å². The van der Waals surface area contributed by atoms with Crippen LogP contribution >= 0.6 is 15.9 Å². The molecule has 2 atom stereocenters. The van der Waals surface area contributed by atoms with Gasteiger partial charge in [-0.05, 0) is 43.4 Å². The Bertz CT molecular complexity index is 380. The fourth-order valence-corrected chi connectivity index (χ4v) is 2.67. The number of nitrogens with one attached hydrogen (secondary N) is 1. The first-order chi connectivity index (χ1) is 8.19. The van der Waals surface area contributed by atoms with Gasteiger partial charge in [0.1, 0.15) is 0 Å². The summed E-state index contributed by atoms with van der Waals surface area (Å²) in [6, 6.07) is 7.15. The molecule has 0 radical (unpaired) electrons. The Morgan fingerprint density at radius 3 is 2.88 bits per heavy atom. The molecule has 0 amide bonds. The van der Waals surface area contributed by atoms with Gasteiger partial charge in [0.2, 0.25) is 0 Å². The molecular weight excluding hydrogens is 278 g/mol. The topological polar surface area (TPSA) is 21.3 Å². The summed E-state index contributed by atoms with van der Waals surface area (Å²) in [6.07, 6.45) is 4.02. The van der Waals surface area contributed by atoms with E-state index >= 15 is 0 Å². The molecule has 2 rings (SSSR count). The lowest BCUT2D eigenvalue weighted by molar-refractivity contribution is 0.107. The summed E-state index contributed by atoms with van der Waals surface area (Å²) in [4.78, 5) is 0. The molecule has 0 heterocycles. The molecular formula is C14H20BrNO. The highest BCUT2D eigenvalue weighted by Crippen LogP contribution is 2.22. The molecule has 0 aliphatic heterocycles. The van der Waals surface area contributed by atoms with E-state index in [9.17, 15) is 0 Å². The van der Waals surface area contributed by atoms with Crippen molar-refractivity contribution in [2.45, 2.75) is 44.9 Å². The fraction of sp³-hybridized carbons (Fsp3) is 0.571. The maximum Gasteiger partial charge on any atom is 0.0586 e. The third-order valence-electron chi connectivity index (χ3n) is 3.54. The molecule has 0 saturated heterocycles. The smallest absolute Gasteiger partial charge is 0.0586 e. The van der Waals surface area contributed by atoms with Gasteiger partial charge in [0.25, 0.3) is 0 Å². The van der Waals surface area contributed by atoms with Crippen LogP contribution in [0.25, 0.3) is 0 Å². The van der Waals surface area contributed by atoms with Crippen LogP contribution in [0.4, 0.5) is 0 Å². The van der Waals surface area contributed by atoms with Crippen LogP contribution in [-0.2, 0) is 11.3 Å². The molecule has 94 valence electrons. The van der Waals surface area contributed by atoms with E-state index in [2.05, 4.69) is 46.4 Å². The van der Waals surface area contributed by atoms with Gasteiger partial charge < -0.3 is 10.1 Å². The van der Waals surface area contributed by atoms with Crippen LogP contribution in [0, 0.1) is 6.92 Å². The Balaban J connectivity index is 1.84. The average molecular weight is 298 g/mol. The highest BCUT2D eigenvalue weighted by molar-refractivity contribution is 9.10. The second kappa shape index (κ2) is 5.98. The highest BCUT2D eigenvalue weighted by Gasteiger charge is 2.23. The number of benzene rings is 1. The molecule has 2 unspecified atom stereocenters. The summed E-state index contributed by atoms with van der Waals surface area (Å²) in [5.41, 5.74) is 2.65.